The van der Waals surface area contributed by atoms with Crippen LogP contribution in [0.25, 0.3) is 0 Å². The van der Waals surface area contributed by atoms with Crippen molar-refractivity contribution in [3.8, 4) is 0 Å². The molecule has 1 aliphatic heterocycles. The lowest BCUT2D eigenvalue weighted by atomic mass is 10.2. The smallest absolute Gasteiger partial charge is 0.248 e. The van der Waals surface area contributed by atoms with Crippen molar-refractivity contribution in [2.24, 2.45) is 0 Å². The number of carbonyl (C=O) groups excluding carboxylic acids is 1. The van der Waals surface area contributed by atoms with Gasteiger partial charge in [-0.15, -0.1) is 0 Å². The minimum atomic E-state index is -1.22. The molecule has 2 heterocycles. The molecular weight excluding hydrogens is 388 g/mol. The van der Waals surface area contributed by atoms with E-state index < -0.39 is 10.8 Å². The lowest BCUT2D eigenvalue weighted by Gasteiger charge is -2.25. The molecule has 1 fully saturated rings. The van der Waals surface area contributed by atoms with Gasteiger partial charge in [0.25, 0.3) is 0 Å². The lowest BCUT2D eigenvalue weighted by molar-refractivity contribution is -0.111. The standard InChI is InChI=1S/C20H26N6O2S/c1-15-22-14-18(29(2)28)20(23-15)25-17-6-3-5-16(13-17)24-19(27)7-4-10-26-11-8-21-9-12-26/h3-7,13-14,21H,8-12H2,1-2H3,(H,24,27)(H,22,23,25)/b7-4+. The monoisotopic (exact) mass is 414 g/mol. The van der Waals surface area contributed by atoms with E-state index in [1.807, 2.05) is 30.3 Å². The molecule has 3 rings (SSSR count). The van der Waals surface area contributed by atoms with Crippen LogP contribution in [0.5, 0.6) is 0 Å². The van der Waals surface area contributed by atoms with Crippen LogP contribution in [0.15, 0.2) is 47.5 Å². The van der Waals surface area contributed by atoms with Gasteiger partial charge < -0.3 is 16.0 Å². The Hall–Kier alpha value is -2.62. The maximum Gasteiger partial charge on any atom is 0.248 e. The molecule has 0 saturated carbocycles. The first kappa shape index (κ1) is 21.1. The molecule has 1 atom stereocenters. The molecule has 0 bridgehead atoms. The molecule has 1 aliphatic rings. The molecule has 1 amide bonds. The summed E-state index contributed by atoms with van der Waals surface area (Å²) in [6.45, 7) is 6.50. The topological polar surface area (TPSA) is 99.2 Å². The number of aryl methyl sites for hydroxylation is 1. The molecule has 0 aliphatic carbocycles. The Balaban J connectivity index is 1.61. The summed E-state index contributed by atoms with van der Waals surface area (Å²) >= 11 is 0. The third-order valence-corrected chi connectivity index (χ3v) is 5.34. The van der Waals surface area contributed by atoms with E-state index in [1.165, 1.54) is 0 Å². The summed E-state index contributed by atoms with van der Waals surface area (Å²) in [5, 5.41) is 9.34. The third-order valence-electron chi connectivity index (χ3n) is 4.42. The normalized spacial score (nSPS) is 15.9. The number of hydrogen-bond acceptors (Lipinski definition) is 7. The van der Waals surface area contributed by atoms with Crippen LogP contribution in [0.1, 0.15) is 5.82 Å². The van der Waals surface area contributed by atoms with Crippen LogP contribution >= 0.6 is 0 Å². The summed E-state index contributed by atoms with van der Waals surface area (Å²) in [5.74, 6) is 0.907. The van der Waals surface area contributed by atoms with E-state index >= 15 is 0 Å². The first-order valence-corrected chi connectivity index (χ1v) is 11.0. The van der Waals surface area contributed by atoms with Crippen molar-refractivity contribution in [1.29, 1.82) is 0 Å². The number of benzene rings is 1. The summed E-state index contributed by atoms with van der Waals surface area (Å²) < 4.78 is 11.9. The van der Waals surface area contributed by atoms with E-state index in [0.717, 1.165) is 38.4 Å². The fourth-order valence-electron chi connectivity index (χ4n) is 2.96. The average molecular weight is 415 g/mol. The summed E-state index contributed by atoms with van der Waals surface area (Å²) in [4.78, 5) is 23.5. The van der Waals surface area contributed by atoms with Crippen molar-refractivity contribution in [3.63, 3.8) is 0 Å². The predicted molar refractivity (Wildman–Crippen MR) is 116 cm³/mol. The maximum absolute atomic E-state index is 12.2. The molecule has 154 valence electrons. The number of hydrogen-bond donors (Lipinski definition) is 3. The third kappa shape index (κ3) is 6.45. The molecule has 1 saturated heterocycles. The van der Waals surface area contributed by atoms with Crippen molar-refractivity contribution in [1.82, 2.24) is 20.2 Å². The zero-order chi connectivity index (χ0) is 20.6. The largest absolute Gasteiger partial charge is 0.339 e. The van der Waals surface area contributed by atoms with Crippen LogP contribution in [-0.4, -0.2) is 64.0 Å². The van der Waals surface area contributed by atoms with Gasteiger partial charge in [-0.1, -0.05) is 12.1 Å². The summed E-state index contributed by atoms with van der Waals surface area (Å²) in [5.41, 5.74) is 1.40. The van der Waals surface area contributed by atoms with Gasteiger partial charge in [0, 0.05) is 62.6 Å². The highest BCUT2D eigenvalue weighted by Crippen LogP contribution is 2.23. The SMILES string of the molecule is Cc1ncc(S(C)=O)c(Nc2cccc(NC(=O)/C=C/CN3CCNCC3)c2)n1. The van der Waals surface area contributed by atoms with E-state index in [2.05, 4.69) is 30.8 Å². The van der Waals surface area contributed by atoms with Gasteiger partial charge in [-0.2, -0.15) is 0 Å². The number of nitrogens with one attached hydrogen (secondary N) is 3. The van der Waals surface area contributed by atoms with Crippen LogP contribution in [0.4, 0.5) is 17.2 Å². The van der Waals surface area contributed by atoms with Crippen LogP contribution in [0, 0.1) is 6.92 Å². The van der Waals surface area contributed by atoms with Gasteiger partial charge in [0.05, 0.1) is 15.7 Å². The summed E-state index contributed by atoms with van der Waals surface area (Å²) in [6.07, 6.45) is 6.60. The van der Waals surface area contributed by atoms with E-state index in [1.54, 1.807) is 25.5 Å². The number of nitrogens with zero attached hydrogens (tertiary/aromatic N) is 3. The van der Waals surface area contributed by atoms with Crippen molar-refractivity contribution in [2.45, 2.75) is 11.8 Å². The second-order valence-electron chi connectivity index (χ2n) is 6.73. The molecule has 2 aromatic rings. The second-order valence-corrected chi connectivity index (χ2v) is 8.08. The van der Waals surface area contributed by atoms with Gasteiger partial charge in [-0.25, -0.2) is 9.97 Å². The minimum absolute atomic E-state index is 0.175. The number of amides is 1. The van der Waals surface area contributed by atoms with Gasteiger partial charge in [0.1, 0.15) is 11.6 Å². The fraction of sp³-hybridized carbons (Fsp3) is 0.350. The number of aromatic nitrogens is 2. The minimum Gasteiger partial charge on any atom is -0.339 e. The Morgan fingerprint density at radius 3 is 2.83 bits per heavy atom. The number of carbonyl (C=O) groups is 1. The molecule has 8 nitrogen and oxygen atoms in total. The van der Waals surface area contributed by atoms with Crippen molar-refractivity contribution in [3.05, 3.63) is 48.4 Å². The Kier molecular flexibility index (Phi) is 7.45. The number of anilines is 3. The second kappa shape index (κ2) is 10.2. The maximum atomic E-state index is 12.2. The molecule has 9 heteroatoms. The van der Waals surface area contributed by atoms with Gasteiger partial charge in [-0.3, -0.25) is 13.9 Å². The Bertz CT molecular complexity index is 912. The first-order valence-electron chi connectivity index (χ1n) is 9.46. The Morgan fingerprint density at radius 1 is 1.31 bits per heavy atom. The number of rotatable bonds is 7. The highest BCUT2D eigenvalue weighted by atomic mass is 32.2. The molecule has 0 spiro atoms. The summed E-state index contributed by atoms with van der Waals surface area (Å²) in [6, 6.07) is 7.31. The van der Waals surface area contributed by atoms with E-state index in [4.69, 9.17) is 0 Å². The van der Waals surface area contributed by atoms with Crippen LogP contribution in [-0.2, 0) is 15.6 Å². The lowest BCUT2D eigenvalue weighted by Crippen LogP contribution is -2.43. The van der Waals surface area contributed by atoms with Crippen LogP contribution in [0.3, 0.4) is 0 Å². The van der Waals surface area contributed by atoms with Crippen molar-refractivity contribution >= 4 is 33.9 Å². The van der Waals surface area contributed by atoms with Gasteiger partial charge >= 0.3 is 0 Å². The van der Waals surface area contributed by atoms with Gasteiger partial charge in [-0.05, 0) is 25.1 Å². The Morgan fingerprint density at radius 2 is 2.07 bits per heavy atom. The molecule has 3 N–H and O–H groups in total. The highest BCUT2D eigenvalue weighted by Gasteiger charge is 2.10. The average Bonchev–Trinajstić information content (AvgIpc) is 2.69. The Labute approximate surface area is 173 Å². The zero-order valence-corrected chi connectivity index (χ0v) is 17.5. The molecule has 0 radical (unpaired) electrons. The van der Waals surface area contributed by atoms with Crippen LogP contribution in [0.2, 0.25) is 0 Å². The predicted octanol–water partition coefficient (Wildman–Crippen LogP) is 1.67. The molecule has 1 unspecified atom stereocenters. The van der Waals surface area contributed by atoms with E-state index in [-0.39, 0.29) is 5.91 Å². The molecule has 29 heavy (non-hydrogen) atoms. The molecule has 1 aromatic heterocycles. The zero-order valence-electron chi connectivity index (χ0n) is 16.6. The molecule has 1 aromatic carbocycles. The fourth-order valence-corrected chi connectivity index (χ4v) is 3.53. The van der Waals surface area contributed by atoms with Gasteiger partial charge in [0.2, 0.25) is 5.91 Å². The van der Waals surface area contributed by atoms with Crippen LogP contribution < -0.4 is 16.0 Å². The van der Waals surface area contributed by atoms with Crippen molar-refractivity contribution in [2.75, 3.05) is 49.6 Å². The quantitative estimate of drug-likeness (QED) is 0.593. The molecular formula is C20H26N6O2S. The van der Waals surface area contributed by atoms with Gasteiger partial charge in [0.15, 0.2) is 0 Å². The summed E-state index contributed by atoms with van der Waals surface area (Å²) in [7, 11) is -1.22. The van der Waals surface area contributed by atoms with Crippen molar-refractivity contribution < 1.29 is 9.00 Å². The number of piperazine rings is 1. The highest BCUT2D eigenvalue weighted by molar-refractivity contribution is 7.84. The first-order chi connectivity index (χ1) is 14.0. The van der Waals surface area contributed by atoms with E-state index in [9.17, 15) is 9.00 Å². The van der Waals surface area contributed by atoms with E-state index in [0.29, 0.717) is 22.2 Å².